The normalized spacial score (nSPS) is 6.00. The quantitative estimate of drug-likeness (QED) is 0.497. The molecule has 0 aromatic heterocycles. The van der Waals surface area contributed by atoms with Gasteiger partial charge in [0.2, 0.25) is 0 Å². The summed E-state index contributed by atoms with van der Waals surface area (Å²) in [5, 5.41) is 8.07. The molecule has 2 nitrogen and oxygen atoms in total. The van der Waals surface area contributed by atoms with Gasteiger partial charge in [-0.3, -0.25) is 0 Å². The van der Waals surface area contributed by atoms with Crippen LogP contribution in [0.3, 0.4) is 0 Å². The summed E-state index contributed by atoms with van der Waals surface area (Å²) in [6.45, 7) is 2.40. The first-order valence-corrected chi connectivity index (χ1v) is 2.02. The molecule has 0 saturated heterocycles. The average Bonchev–Trinajstić information content (AvgIpc) is 1.41. The van der Waals surface area contributed by atoms with E-state index in [1.54, 1.807) is 0 Å². The molecule has 0 bridgehead atoms. The zero-order valence-corrected chi connectivity index (χ0v) is 4.07. The number of aliphatic hydroxyl groups is 1. The maximum absolute atomic E-state index is 8.07. The van der Waals surface area contributed by atoms with Crippen molar-refractivity contribution >= 4 is 51.4 Å². The van der Waals surface area contributed by atoms with E-state index in [0.717, 1.165) is 12.8 Å². The van der Waals surface area contributed by atoms with E-state index in [4.69, 9.17) is 5.11 Å². The molecule has 0 amide bonds. The summed E-state index contributed by atoms with van der Waals surface area (Å²) in [6, 6.07) is 0. The zero-order chi connectivity index (χ0) is 4.12. The third-order valence-electron chi connectivity index (χ3n) is 0.512. The van der Waals surface area contributed by atoms with E-state index in [-0.39, 0.29) is 56.9 Å². The van der Waals surface area contributed by atoms with Gasteiger partial charge >= 0.3 is 51.4 Å². The van der Waals surface area contributed by atoms with E-state index in [0.29, 0.717) is 6.61 Å². The van der Waals surface area contributed by atoms with E-state index < -0.39 is 0 Å². The third-order valence-corrected chi connectivity index (χ3v) is 0.512. The average molecular weight is 132 g/mol. The molecule has 0 spiro atoms. The first kappa shape index (κ1) is 15.8. The summed E-state index contributed by atoms with van der Waals surface area (Å²) in [5.41, 5.74) is 0. The van der Waals surface area contributed by atoms with Crippen LogP contribution in [0.1, 0.15) is 19.8 Å². The van der Waals surface area contributed by atoms with Crippen molar-refractivity contribution < 1.29 is 10.6 Å². The van der Waals surface area contributed by atoms with E-state index in [9.17, 15) is 0 Å². The molecule has 0 atom stereocenters. The fourth-order valence-corrected chi connectivity index (χ4v) is 0.158. The van der Waals surface area contributed by atoms with E-state index in [1.807, 2.05) is 0 Å². The molecular weight excluding hydrogens is 119 g/mol. The Morgan fingerprint density at radius 2 is 1.86 bits per heavy atom. The minimum absolute atomic E-state index is 0. The molecule has 0 aliphatic carbocycles. The van der Waals surface area contributed by atoms with Crippen molar-refractivity contribution in [2.24, 2.45) is 0 Å². The summed E-state index contributed by atoms with van der Waals surface area (Å²) < 4.78 is 0. The second kappa shape index (κ2) is 15.6. The van der Waals surface area contributed by atoms with Crippen LogP contribution in [0, 0.1) is 0 Å². The number of aliphatic hydroxyl groups excluding tert-OH is 1. The van der Waals surface area contributed by atoms with Crippen molar-refractivity contribution in [3.05, 3.63) is 0 Å². The molecule has 0 aromatic rings. The Balaban J connectivity index is -0.0000000800. The number of hydrogen-bond donors (Lipinski definition) is 1. The van der Waals surface area contributed by atoms with Crippen LogP contribution >= 0.6 is 0 Å². The van der Waals surface area contributed by atoms with Gasteiger partial charge < -0.3 is 10.6 Å². The second-order valence-corrected chi connectivity index (χ2v) is 1.08. The van der Waals surface area contributed by atoms with Crippen molar-refractivity contribution in [2.75, 3.05) is 6.61 Å². The van der Waals surface area contributed by atoms with Crippen LogP contribution in [0.4, 0.5) is 0 Å². The van der Waals surface area contributed by atoms with Gasteiger partial charge in [-0.1, -0.05) is 13.3 Å². The van der Waals surface area contributed by atoms with Crippen LogP contribution in [0.25, 0.3) is 0 Å². The van der Waals surface area contributed by atoms with Crippen molar-refractivity contribution in [1.82, 2.24) is 0 Å². The SMILES string of the molecule is CCCCO.O.[KH]. The third kappa shape index (κ3) is 18.4. The standard InChI is InChI=1S/C4H10O.K.H2O.H/c1-2-3-4-5;;;/h5H,2-4H2,1H3;;1H2;. The minimum atomic E-state index is 0. The molecule has 42 valence electrons. The fraction of sp³-hybridized carbons (Fsp3) is 1.00. The monoisotopic (exact) mass is 132 g/mol. The van der Waals surface area contributed by atoms with Gasteiger partial charge in [-0.15, -0.1) is 0 Å². The first-order valence-electron chi connectivity index (χ1n) is 2.02. The fourth-order valence-electron chi connectivity index (χ4n) is 0.158. The van der Waals surface area contributed by atoms with Gasteiger partial charge in [0, 0.05) is 6.61 Å². The molecule has 3 N–H and O–H groups in total. The molecule has 0 aliphatic heterocycles. The van der Waals surface area contributed by atoms with Crippen molar-refractivity contribution in [3.63, 3.8) is 0 Å². The van der Waals surface area contributed by atoms with Crippen molar-refractivity contribution in [3.8, 4) is 0 Å². The Bertz CT molecular complexity index is 17.2. The molecule has 0 unspecified atom stereocenters. The van der Waals surface area contributed by atoms with Crippen LogP contribution in [-0.2, 0) is 0 Å². The molecule has 0 rings (SSSR count). The van der Waals surface area contributed by atoms with Crippen LogP contribution in [0.2, 0.25) is 0 Å². The number of hydrogen-bond acceptors (Lipinski definition) is 1. The van der Waals surface area contributed by atoms with E-state index >= 15 is 0 Å². The summed E-state index contributed by atoms with van der Waals surface area (Å²) in [7, 11) is 0. The second-order valence-electron chi connectivity index (χ2n) is 1.08. The predicted octanol–water partition coefficient (Wildman–Crippen LogP) is -0.694. The van der Waals surface area contributed by atoms with Crippen LogP contribution < -0.4 is 0 Å². The summed E-state index contributed by atoms with van der Waals surface area (Å²) >= 11 is 0. The van der Waals surface area contributed by atoms with Gasteiger partial charge in [0.1, 0.15) is 0 Å². The van der Waals surface area contributed by atoms with Crippen LogP contribution in [0.15, 0.2) is 0 Å². The maximum atomic E-state index is 8.07. The molecule has 0 fully saturated rings. The molecule has 0 radical (unpaired) electrons. The summed E-state index contributed by atoms with van der Waals surface area (Å²) in [4.78, 5) is 0. The molecule has 0 aromatic carbocycles. The number of rotatable bonds is 2. The Kier molecular flexibility index (Phi) is 35.4. The topological polar surface area (TPSA) is 51.7 Å². The van der Waals surface area contributed by atoms with Gasteiger partial charge in [0.15, 0.2) is 0 Å². The van der Waals surface area contributed by atoms with Crippen molar-refractivity contribution in [1.29, 1.82) is 0 Å². The van der Waals surface area contributed by atoms with Gasteiger partial charge in [0.25, 0.3) is 0 Å². The number of unbranched alkanes of at least 4 members (excludes halogenated alkanes) is 1. The van der Waals surface area contributed by atoms with E-state index in [2.05, 4.69) is 6.92 Å². The Morgan fingerprint density at radius 3 is 1.86 bits per heavy atom. The Morgan fingerprint density at radius 1 is 1.43 bits per heavy atom. The Hall–Kier alpha value is 1.56. The first-order chi connectivity index (χ1) is 2.41. The summed E-state index contributed by atoms with van der Waals surface area (Å²) in [5.74, 6) is 0. The molecule has 0 saturated carbocycles. The van der Waals surface area contributed by atoms with Crippen molar-refractivity contribution in [2.45, 2.75) is 19.8 Å². The zero-order valence-electron chi connectivity index (χ0n) is 4.07. The molecular formula is C4H13KO2. The molecule has 7 heavy (non-hydrogen) atoms. The van der Waals surface area contributed by atoms with Crippen LogP contribution in [-0.4, -0.2) is 68.6 Å². The molecule has 3 heteroatoms. The molecule has 0 aliphatic rings. The predicted molar refractivity (Wildman–Crippen MR) is 32.8 cm³/mol. The van der Waals surface area contributed by atoms with Gasteiger partial charge in [-0.25, -0.2) is 0 Å². The summed E-state index contributed by atoms with van der Waals surface area (Å²) in [6.07, 6.45) is 2.04. The Labute approximate surface area is 87.0 Å². The van der Waals surface area contributed by atoms with Crippen LogP contribution in [0.5, 0.6) is 0 Å². The van der Waals surface area contributed by atoms with Gasteiger partial charge in [-0.05, 0) is 6.42 Å². The van der Waals surface area contributed by atoms with Gasteiger partial charge in [-0.2, -0.15) is 0 Å². The molecule has 0 heterocycles. The van der Waals surface area contributed by atoms with Gasteiger partial charge in [0.05, 0.1) is 0 Å². The van der Waals surface area contributed by atoms with E-state index in [1.165, 1.54) is 0 Å².